The van der Waals surface area contributed by atoms with E-state index in [0.717, 1.165) is 18.4 Å². The molecule has 1 saturated carbocycles. The van der Waals surface area contributed by atoms with Crippen molar-refractivity contribution in [1.29, 1.82) is 0 Å². The van der Waals surface area contributed by atoms with Crippen molar-refractivity contribution < 1.29 is 9.90 Å². The molecular formula is C20H23N5O2. The van der Waals surface area contributed by atoms with Crippen molar-refractivity contribution in [3.8, 4) is 0 Å². The molecule has 7 heteroatoms. The third kappa shape index (κ3) is 3.50. The molecule has 0 unspecified atom stereocenters. The van der Waals surface area contributed by atoms with Crippen molar-refractivity contribution in [2.24, 2.45) is 0 Å². The lowest BCUT2D eigenvalue weighted by Crippen LogP contribution is -2.43. The summed E-state index contributed by atoms with van der Waals surface area (Å²) in [5, 5.41) is 10.8. The van der Waals surface area contributed by atoms with Gasteiger partial charge in [-0.3, -0.25) is 4.79 Å². The van der Waals surface area contributed by atoms with Crippen LogP contribution in [-0.2, 0) is 6.54 Å². The van der Waals surface area contributed by atoms with Gasteiger partial charge in [0.2, 0.25) is 0 Å². The first-order valence-electron chi connectivity index (χ1n) is 9.11. The second-order valence-corrected chi connectivity index (χ2v) is 7.06. The summed E-state index contributed by atoms with van der Waals surface area (Å²) >= 11 is 0. The van der Waals surface area contributed by atoms with Crippen LogP contribution in [0.4, 0.5) is 0 Å². The number of amides is 1. The molecular weight excluding hydrogens is 342 g/mol. The van der Waals surface area contributed by atoms with Crippen LogP contribution in [0.3, 0.4) is 0 Å². The maximum absolute atomic E-state index is 13.0. The summed E-state index contributed by atoms with van der Waals surface area (Å²) < 4.78 is 3.89. The number of hydrogen-bond donors (Lipinski definition) is 1. The molecule has 0 aliphatic heterocycles. The lowest BCUT2D eigenvalue weighted by molar-refractivity contribution is 0.0443. The minimum Gasteiger partial charge on any atom is -0.389 e. The highest BCUT2D eigenvalue weighted by molar-refractivity contribution is 5.94. The highest BCUT2D eigenvalue weighted by Crippen LogP contribution is 2.33. The van der Waals surface area contributed by atoms with Crippen LogP contribution in [0.2, 0.25) is 0 Å². The molecule has 1 amide bonds. The Morgan fingerprint density at radius 1 is 1.22 bits per heavy atom. The number of rotatable bonds is 5. The van der Waals surface area contributed by atoms with E-state index < -0.39 is 6.10 Å². The van der Waals surface area contributed by atoms with E-state index in [2.05, 4.69) is 9.97 Å². The molecule has 2 heterocycles. The van der Waals surface area contributed by atoms with E-state index in [1.807, 2.05) is 45.8 Å². The number of carbonyl (C=O) groups is 1. The van der Waals surface area contributed by atoms with E-state index in [9.17, 15) is 9.90 Å². The van der Waals surface area contributed by atoms with Gasteiger partial charge < -0.3 is 19.1 Å². The average molecular weight is 365 g/mol. The van der Waals surface area contributed by atoms with E-state index in [4.69, 9.17) is 0 Å². The van der Waals surface area contributed by atoms with Gasteiger partial charge in [0.15, 0.2) is 0 Å². The predicted octanol–water partition coefficient (Wildman–Crippen LogP) is 1.96. The normalized spacial score (nSPS) is 22.1. The first kappa shape index (κ1) is 17.5. The van der Waals surface area contributed by atoms with Gasteiger partial charge >= 0.3 is 0 Å². The summed E-state index contributed by atoms with van der Waals surface area (Å²) in [6.07, 6.45) is 11.7. The van der Waals surface area contributed by atoms with Gasteiger partial charge in [-0.05, 0) is 30.5 Å². The Morgan fingerprint density at radius 2 is 2.04 bits per heavy atom. The van der Waals surface area contributed by atoms with E-state index in [1.165, 1.54) is 0 Å². The molecule has 1 aliphatic rings. The van der Waals surface area contributed by atoms with Gasteiger partial charge in [-0.2, -0.15) is 0 Å². The smallest absolute Gasteiger partial charge is 0.253 e. The Hall–Kier alpha value is -2.93. The summed E-state index contributed by atoms with van der Waals surface area (Å²) in [7, 11) is 1.77. The summed E-state index contributed by atoms with van der Waals surface area (Å²) in [5.74, 6) is -0.0715. The highest BCUT2D eigenvalue weighted by atomic mass is 16.3. The van der Waals surface area contributed by atoms with Crippen molar-refractivity contribution in [1.82, 2.24) is 24.0 Å². The van der Waals surface area contributed by atoms with Gasteiger partial charge in [-0.25, -0.2) is 9.97 Å². The Morgan fingerprint density at radius 3 is 2.78 bits per heavy atom. The fraction of sp³-hybridized carbons (Fsp3) is 0.350. The van der Waals surface area contributed by atoms with E-state index in [0.29, 0.717) is 12.1 Å². The van der Waals surface area contributed by atoms with Gasteiger partial charge in [0.25, 0.3) is 5.91 Å². The van der Waals surface area contributed by atoms with E-state index in [1.54, 1.807) is 37.0 Å². The van der Waals surface area contributed by atoms with Gasteiger partial charge in [-0.15, -0.1) is 0 Å². The zero-order chi connectivity index (χ0) is 18.8. The molecule has 0 radical (unpaired) electrons. The molecule has 0 saturated heterocycles. The quantitative estimate of drug-likeness (QED) is 0.750. The topological polar surface area (TPSA) is 76.2 Å². The number of aliphatic hydroxyl groups is 1. The SMILES string of the molecule is CN(C(=O)c1cccc(Cn2ccnc2)c1)[C@@H]1CC[C@@H](n2ccnc2)[C@@H]1O. The third-order valence-electron chi connectivity index (χ3n) is 5.37. The fourth-order valence-corrected chi connectivity index (χ4v) is 3.90. The second kappa shape index (κ2) is 7.36. The molecule has 2 aromatic heterocycles. The molecule has 140 valence electrons. The van der Waals surface area contributed by atoms with Crippen molar-refractivity contribution in [2.75, 3.05) is 7.05 Å². The van der Waals surface area contributed by atoms with Crippen molar-refractivity contribution in [3.05, 3.63) is 72.8 Å². The summed E-state index contributed by atoms with van der Waals surface area (Å²) in [4.78, 5) is 22.8. The molecule has 1 aromatic carbocycles. The number of aromatic nitrogens is 4. The monoisotopic (exact) mass is 365 g/mol. The molecule has 4 rings (SSSR count). The van der Waals surface area contributed by atoms with Crippen LogP contribution >= 0.6 is 0 Å². The van der Waals surface area contributed by atoms with E-state index >= 15 is 0 Å². The van der Waals surface area contributed by atoms with Crippen molar-refractivity contribution in [2.45, 2.75) is 37.6 Å². The number of hydrogen-bond acceptors (Lipinski definition) is 4. The standard InChI is InChI=1S/C20H23N5O2/c1-23(17-5-6-18(19(17)26)25-10-8-22-14-25)20(27)16-4-2-3-15(11-16)12-24-9-7-21-13-24/h2-4,7-11,13-14,17-19,26H,5-6,12H2,1H3/t17-,18-,19-/m1/s1. The minimum atomic E-state index is -0.609. The molecule has 27 heavy (non-hydrogen) atoms. The number of aliphatic hydroxyl groups excluding tert-OH is 1. The molecule has 0 bridgehead atoms. The molecule has 1 fully saturated rings. The first-order valence-corrected chi connectivity index (χ1v) is 9.11. The molecule has 7 nitrogen and oxygen atoms in total. The highest BCUT2D eigenvalue weighted by Gasteiger charge is 2.39. The Balaban J connectivity index is 1.48. The number of benzene rings is 1. The van der Waals surface area contributed by atoms with Crippen LogP contribution in [-0.4, -0.2) is 54.2 Å². The van der Waals surface area contributed by atoms with Gasteiger partial charge in [0, 0.05) is 43.9 Å². The van der Waals surface area contributed by atoms with Crippen LogP contribution < -0.4 is 0 Å². The lowest BCUT2D eigenvalue weighted by atomic mass is 10.1. The zero-order valence-corrected chi connectivity index (χ0v) is 15.2. The minimum absolute atomic E-state index is 0.0414. The van der Waals surface area contributed by atoms with Crippen LogP contribution in [0.15, 0.2) is 61.7 Å². The number of carbonyl (C=O) groups excluding carboxylic acids is 1. The second-order valence-electron chi connectivity index (χ2n) is 7.06. The third-order valence-corrected chi connectivity index (χ3v) is 5.37. The van der Waals surface area contributed by atoms with Gasteiger partial charge in [-0.1, -0.05) is 12.1 Å². The Labute approximate surface area is 157 Å². The Bertz CT molecular complexity index is 891. The summed E-state index contributed by atoms with van der Waals surface area (Å²) in [5.41, 5.74) is 1.67. The number of imidazole rings is 2. The largest absolute Gasteiger partial charge is 0.389 e. The van der Waals surface area contributed by atoms with Crippen LogP contribution in [0.1, 0.15) is 34.8 Å². The summed E-state index contributed by atoms with van der Waals surface area (Å²) in [6.45, 7) is 0.666. The molecule has 1 aliphatic carbocycles. The maximum Gasteiger partial charge on any atom is 0.253 e. The lowest BCUT2D eigenvalue weighted by Gasteiger charge is -2.29. The fourth-order valence-electron chi connectivity index (χ4n) is 3.90. The maximum atomic E-state index is 13.0. The Kier molecular flexibility index (Phi) is 4.77. The molecule has 1 N–H and O–H groups in total. The van der Waals surface area contributed by atoms with Crippen LogP contribution in [0.25, 0.3) is 0 Å². The van der Waals surface area contributed by atoms with Crippen LogP contribution in [0, 0.1) is 0 Å². The van der Waals surface area contributed by atoms with E-state index in [-0.39, 0.29) is 18.0 Å². The first-order chi connectivity index (χ1) is 13.1. The zero-order valence-electron chi connectivity index (χ0n) is 15.2. The number of likely N-dealkylation sites (N-methyl/N-ethyl adjacent to an activating group) is 1. The predicted molar refractivity (Wildman–Crippen MR) is 100 cm³/mol. The summed E-state index contributed by atoms with van der Waals surface area (Å²) in [6, 6.07) is 7.38. The van der Waals surface area contributed by atoms with Crippen LogP contribution in [0.5, 0.6) is 0 Å². The number of nitrogens with zero attached hydrogens (tertiary/aromatic N) is 5. The van der Waals surface area contributed by atoms with Crippen molar-refractivity contribution in [3.63, 3.8) is 0 Å². The van der Waals surface area contributed by atoms with Gasteiger partial charge in [0.05, 0.1) is 30.8 Å². The molecule has 0 spiro atoms. The molecule has 3 atom stereocenters. The molecule has 3 aromatic rings. The van der Waals surface area contributed by atoms with Crippen molar-refractivity contribution >= 4 is 5.91 Å². The average Bonchev–Trinajstić information content (AvgIpc) is 3.42. The van der Waals surface area contributed by atoms with Gasteiger partial charge in [0.1, 0.15) is 0 Å².